The van der Waals surface area contributed by atoms with E-state index in [0.717, 1.165) is 6.07 Å². The van der Waals surface area contributed by atoms with E-state index in [-0.39, 0.29) is 0 Å². The van der Waals surface area contributed by atoms with Gasteiger partial charge in [-0.2, -0.15) is 10.4 Å². The molecule has 20 heavy (non-hydrogen) atoms. The minimum Gasteiger partial charge on any atom is -0.275 e. The van der Waals surface area contributed by atoms with E-state index < -0.39 is 11.6 Å². The molecule has 0 fully saturated rings. The van der Waals surface area contributed by atoms with Crippen LogP contribution in [0.3, 0.4) is 0 Å². The maximum Gasteiger partial charge on any atom is 0.159 e. The van der Waals surface area contributed by atoms with E-state index in [0.29, 0.717) is 35.1 Å². The number of nitriles is 1. The molecule has 0 radical (unpaired) electrons. The van der Waals surface area contributed by atoms with Crippen molar-refractivity contribution in [3.63, 3.8) is 0 Å². The number of hydrogen-bond donors (Lipinski definition) is 0. The molecule has 0 aliphatic heterocycles. The van der Waals surface area contributed by atoms with Crippen molar-refractivity contribution in [2.45, 2.75) is 12.8 Å². The van der Waals surface area contributed by atoms with Gasteiger partial charge in [-0.25, -0.2) is 8.78 Å². The van der Waals surface area contributed by atoms with Crippen LogP contribution < -0.4 is 0 Å². The third kappa shape index (κ3) is 2.91. The van der Waals surface area contributed by atoms with Crippen LogP contribution in [0.1, 0.15) is 12.0 Å². The summed E-state index contributed by atoms with van der Waals surface area (Å²) < 4.78 is 28.4. The topological polar surface area (TPSA) is 41.6 Å². The Morgan fingerprint density at radius 2 is 2.10 bits per heavy atom. The highest BCUT2D eigenvalue weighted by atomic mass is 19.2. The van der Waals surface area contributed by atoms with Gasteiger partial charge in [0.05, 0.1) is 12.3 Å². The summed E-state index contributed by atoms with van der Waals surface area (Å²) in [4.78, 5) is 0. The van der Waals surface area contributed by atoms with Crippen molar-refractivity contribution in [1.29, 1.82) is 5.26 Å². The van der Waals surface area contributed by atoms with E-state index >= 15 is 0 Å². The van der Waals surface area contributed by atoms with Gasteiger partial charge in [-0.3, -0.25) is 4.68 Å². The van der Waals surface area contributed by atoms with Crippen molar-refractivity contribution < 1.29 is 8.78 Å². The van der Waals surface area contributed by atoms with Crippen molar-refractivity contribution in [2.75, 3.05) is 0 Å². The number of allylic oxidation sites excluding steroid dienone is 1. The maximum absolute atomic E-state index is 13.4. The van der Waals surface area contributed by atoms with E-state index in [4.69, 9.17) is 5.26 Å². The van der Waals surface area contributed by atoms with Crippen LogP contribution >= 0.6 is 0 Å². The number of benzene rings is 1. The maximum atomic E-state index is 13.4. The van der Waals surface area contributed by atoms with E-state index in [1.54, 1.807) is 24.1 Å². The van der Waals surface area contributed by atoms with Crippen LogP contribution in [0.15, 0.2) is 36.7 Å². The molecule has 1 aromatic carbocycles. The van der Waals surface area contributed by atoms with Gasteiger partial charge in [0, 0.05) is 24.4 Å². The molecular weight excluding hydrogens is 260 g/mol. The van der Waals surface area contributed by atoms with Crippen LogP contribution in [-0.2, 0) is 13.5 Å². The Balaban J connectivity index is 2.41. The Morgan fingerprint density at radius 3 is 2.70 bits per heavy atom. The Hall–Kier alpha value is -2.48. The zero-order valence-electron chi connectivity index (χ0n) is 11.0. The zero-order chi connectivity index (χ0) is 14.7. The second-order valence-corrected chi connectivity index (χ2v) is 4.54. The molecule has 0 aliphatic carbocycles. The minimum atomic E-state index is -0.897. The fraction of sp³-hybridized carbons (Fsp3) is 0.200. The molecule has 1 aromatic heterocycles. The first kappa shape index (κ1) is 13.9. The third-order valence-corrected chi connectivity index (χ3v) is 3.02. The van der Waals surface area contributed by atoms with E-state index in [1.807, 2.05) is 6.07 Å². The average Bonchev–Trinajstić information content (AvgIpc) is 2.85. The van der Waals surface area contributed by atoms with E-state index in [9.17, 15) is 8.78 Å². The van der Waals surface area contributed by atoms with Gasteiger partial charge in [0.1, 0.15) is 0 Å². The Morgan fingerprint density at radius 1 is 1.40 bits per heavy atom. The summed E-state index contributed by atoms with van der Waals surface area (Å²) in [5, 5.41) is 12.7. The Bertz CT molecular complexity index is 696. The van der Waals surface area contributed by atoms with Gasteiger partial charge >= 0.3 is 0 Å². The predicted molar refractivity (Wildman–Crippen MR) is 71.6 cm³/mol. The molecule has 0 saturated carbocycles. The molecule has 2 aromatic rings. The summed E-state index contributed by atoms with van der Waals surface area (Å²) in [5.41, 5.74) is 2.34. The lowest BCUT2D eigenvalue weighted by molar-refractivity contribution is 0.507. The van der Waals surface area contributed by atoms with Gasteiger partial charge in [-0.1, -0.05) is 6.58 Å². The SMILES string of the molecule is C=C(C#N)CCc1cc(F)c(F)cc1-c1cnn(C)c1. The number of nitrogens with zero attached hydrogens (tertiary/aromatic N) is 3. The normalized spacial score (nSPS) is 10.3. The van der Waals surface area contributed by atoms with Gasteiger partial charge in [0.2, 0.25) is 0 Å². The third-order valence-electron chi connectivity index (χ3n) is 3.02. The first-order valence-corrected chi connectivity index (χ1v) is 6.06. The minimum absolute atomic E-state index is 0.409. The van der Waals surface area contributed by atoms with Crippen molar-refractivity contribution in [2.24, 2.45) is 7.05 Å². The predicted octanol–water partition coefficient (Wildman–Crippen LogP) is 3.38. The van der Waals surface area contributed by atoms with Gasteiger partial charge in [-0.15, -0.1) is 0 Å². The Kier molecular flexibility index (Phi) is 3.94. The molecule has 0 unspecified atom stereocenters. The average molecular weight is 273 g/mol. The largest absolute Gasteiger partial charge is 0.275 e. The number of hydrogen-bond acceptors (Lipinski definition) is 2. The molecule has 2 rings (SSSR count). The van der Waals surface area contributed by atoms with Crippen molar-refractivity contribution in [3.8, 4) is 17.2 Å². The van der Waals surface area contributed by atoms with Gasteiger partial charge in [0.15, 0.2) is 11.6 Å². The number of aromatic nitrogens is 2. The molecule has 0 atom stereocenters. The fourth-order valence-electron chi connectivity index (χ4n) is 1.97. The monoisotopic (exact) mass is 273 g/mol. The van der Waals surface area contributed by atoms with Crippen molar-refractivity contribution in [1.82, 2.24) is 9.78 Å². The molecule has 0 saturated heterocycles. The molecule has 0 amide bonds. The lowest BCUT2D eigenvalue weighted by Gasteiger charge is -2.08. The first-order valence-electron chi connectivity index (χ1n) is 6.06. The molecule has 5 heteroatoms. The lowest BCUT2D eigenvalue weighted by atomic mass is 9.97. The molecule has 1 heterocycles. The quantitative estimate of drug-likeness (QED) is 0.801. The Labute approximate surface area is 115 Å². The van der Waals surface area contributed by atoms with Crippen LogP contribution in [0.2, 0.25) is 0 Å². The van der Waals surface area contributed by atoms with Gasteiger partial charge in [0.25, 0.3) is 0 Å². The first-order chi connectivity index (χ1) is 9.51. The van der Waals surface area contributed by atoms with Gasteiger partial charge in [-0.05, 0) is 36.1 Å². The van der Waals surface area contributed by atoms with Crippen LogP contribution in [-0.4, -0.2) is 9.78 Å². The highest BCUT2D eigenvalue weighted by Crippen LogP contribution is 2.27. The summed E-state index contributed by atoms with van der Waals surface area (Å²) in [7, 11) is 1.75. The highest BCUT2D eigenvalue weighted by molar-refractivity contribution is 5.66. The van der Waals surface area contributed by atoms with Crippen LogP contribution in [0.5, 0.6) is 0 Å². The molecular formula is C15H13F2N3. The lowest BCUT2D eigenvalue weighted by Crippen LogP contribution is -1.96. The van der Waals surface area contributed by atoms with Crippen LogP contribution in [0, 0.1) is 23.0 Å². The summed E-state index contributed by atoms with van der Waals surface area (Å²) in [6, 6.07) is 4.28. The van der Waals surface area contributed by atoms with Crippen molar-refractivity contribution in [3.05, 3.63) is 53.9 Å². The molecule has 0 N–H and O–H groups in total. The number of halogens is 2. The van der Waals surface area contributed by atoms with E-state index in [2.05, 4.69) is 11.7 Å². The van der Waals surface area contributed by atoms with E-state index in [1.165, 1.54) is 6.07 Å². The zero-order valence-corrected chi connectivity index (χ0v) is 11.0. The summed E-state index contributed by atoms with van der Waals surface area (Å²) >= 11 is 0. The molecule has 0 aliphatic rings. The van der Waals surface area contributed by atoms with Crippen molar-refractivity contribution >= 4 is 0 Å². The summed E-state index contributed by atoms with van der Waals surface area (Å²) in [6.45, 7) is 3.59. The number of rotatable bonds is 4. The smallest absolute Gasteiger partial charge is 0.159 e. The molecule has 0 bridgehead atoms. The van der Waals surface area contributed by atoms with Crippen LogP contribution in [0.4, 0.5) is 8.78 Å². The highest BCUT2D eigenvalue weighted by Gasteiger charge is 2.13. The summed E-state index contributed by atoms with van der Waals surface area (Å²) in [5.74, 6) is -1.79. The molecule has 0 spiro atoms. The summed E-state index contributed by atoms with van der Waals surface area (Å²) in [6.07, 6.45) is 4.16. The number of aryl methyl sites for hydroxylation is 2. The van der Waals surface area contributed by atoms with Gasteiger partial charge < -0.3 is 0 Å². The standard InChI is InChI=1S/C15H13F2N3/c1-10(7-18)3-4-11-5-14(16)15(17)6-13(11)12-8-19-20(2)9-12/h5-6,8-9H,1,3-4H2,2H3. The second-order valence-electron chi connectivity index (χ2n) is 4.54. The fourth-order valence-corrected chi connectivity index (χ4v) is 1.97. The molecule has 3 nitrogen and oxygen atoms in total. The second kappa shape index (κ2) is 5.66. The molecule has 102 valence electrons. The van der Waals surface area contributed by atoms with Crippen LogP contribution in [0.25, 0.3) is 11.1 Å².